The minimum Gasteiger partial charge on any atom is -0.497 e. The molecule has 0 aromatic heterocycles. The van der Waals surface area contributed by atoms with Gasteiger partial charge in [-0.2, -0.15) is 0 Å². The topological polar surface area (TPSA) is 64.3 Å². The number of nitrogens with one attached hydrogen (secondary N) is 1. The molecule has 20 heavy (non-hydrogen) atoms. The second-order valence-electron chi connectivity index (χ2n) is 4.11. The number of nitrogen functional groups attached to an aromatic ring is 1. The molecule has 0 heterocycles. The molecule has 0 saturated carbocycles. The predicted molar refractivity (Wildman–Crippen MR) is 84.5 cm³/mol. The molecule has 4 nitrogen and oxygen atoms in total. The van der Waals surface area contributed by atoms with Crippen molar-refractivity contribution in [2.75, 3.05) is 18.2 Å². The summed E-state index contributed by atoms with van der Waals surface area (Å²) < 4.78 is 5.94. The summed E-state index contributed by atoms with van der Waals surface area (Å²) in [6.07, 6.45) is 0. The number of amides is 1. The first-order valence-corrected chi connectivity index (χ1v) is 6.87. The standard InChI is InChI=1S/C14H12BrClN2O2/c1-20-13-5-9(15)4-12(7-13)18-14(19)8-2-10(16)6-11(17)3-8/h2-7H,17H2,1H3,(H,18,19). The van der Waals surface area contributed by atoms with Gasteiger partial charge in [0, 0.05) is 32.5 Å². The first-order chi connectivity index (χ1) is 9.47. The summed E-state index contributed by atoms with van der Waals surface area (Å²) in [6, 6.07) is 10.00. The molecular weight excluding hydrogens is 344 g/mol. The molecule has 0 radical (unpaired) electrons. The van der Waals surface area contributed by atoms with Crippen LogP contribution in [0.3, 0.4) is 0 Å². The minimum absolute atomic E-state index is 0.292. The van der Waals surface area contributed by atoms with Crippen molar-refractivity contribution in [3.8, 4) is 5.75 Å². The Morgan fingerprint density at radius 2 is 2.00 bits per heavy atom. The van der Waals surface area contributed by atoms with Crippen LogP contribution in [0.2, 0.25) is 5.02 Å². The molecule has 104 valence electrons. The quantitative estimate of drug-likeness (QED) is 0.820. The summed E-state index contributed by atoms with van der Waals surface area (Å²) in [5, 5.41) is 3.18. The Labute approximate surface area is 130 Å². The van der Waals surface area contributed by atoms with Gasteiger partial charge in [0.1, 0.15) is 5.75 Å². The predicted octanol–water partition coefficient (Wildman–Crippen LogP) is 3.95. The van der Waals surface area contributed by atoms with Gasteiger partial charge in [-0.25, -0.2) is 0 Å². The zero-order valence-electron chi connectivity index (χ0n) is 10.6. The maximum absolute atomic E-state index is 12.1. The molecule has 0 atom stereocenters. The number of methoxy groups -OCH3 is 1. The van der Waals surface area contributed by atoms with E-state index in [1.807, 2.05) is 0 Å². The maximum atomic E-state index is 12.1. The fraction of sp³-hybridized carbons (Fsp3) is 0.0714. The van der Waals surface area contributed by atoms with Crippen LogP contribution < -0.4 is 15.8 Å². The Hall–Kier alpha value is -1.72. The second kappa shape index (κ2) is 6.15. The summed E-state index contributed by atoms with van der Waals surface area (Å²) in [6.45, 7) is 0. The lowest BCUT2D eigenvalue weighted by molar-refractivity contribution is 0.102. The van der Waals surface area contributed by atoms with Gasteiger partial charge in [-0.05, 0) is 30.3 Å². The number of nitrogens with two attached hydrogens (primary N) is 1. The molecule has 0 aliphatic carbocycles. The zero-order valence-corrected chi connectivity index (χ0v) is 13.0. The lowest BCUT2D eigenvalue weighted by atomic mass is 10.2. The Bertz CT molecular complexity index is 641. The second-order valence-corrected chi connectivity index (χ2v) is 5.46. The number of halogens is 2. The molecule has 6 heteroatoms. The van der Waals surface area contributed by atoms with Crippen LogP contribution in [0, 0.1) is 0 Å². The van der Waals surface area contributed by atoms with E-state index in [4.69, 9.17) is 22.1 Å². The van der Waals surface area contributed by atoms with E-state index in [0.29, 0.717) is 27.7 Å². The third-order valence-corrected chi connectivity index (χ3v) is 3.22. The fourth-order valence-corrected chi connectivity index (χ4v) is 2.42. The Morgan fingerprint density at radius 1 is 1.25 bits per heavy atom. The first-order valence-electron chi connectivity index (χ1n) is 5.70. The van der Waals surface area contributed by atoms with Gasteiger partial charge >= 0.3 is 0 Å². The summed E-state index contributed by atoms with van der Waals surface area (Å²) in [5.74, 6) is 0.347. The number of rotatable bonds is 3. The largest absolute Gasteiger partial charge is 0.497 e. The smallest absolute Gasteiger partial charge is 0.255 e. The van der Waals surface area contributed by atoms with Crippen molar-refractivity contribution >= 4 is 44.8 Å². The van der Waals surface area contributed by atoms with E-state index in [1.54, 1.807) is 43.5 Å². The van der Waals surface area contributed by atoms with Gasteiger partial charge in [-0.1, -0.05) is 27.5 Å². The maximum Gasteiger partial charge on any atom is 0.255 e. The first kappa shape index (κ1) is 14.7. The van der Waals surface area contributed by atoms with Gasteiger partial charge in [-0.3, -0.25) is 4.79 Å². The van der Waals surface area contributed by atoms with Gasteiger partial charge < -0.3 is 15.8 Å². The average molecular weight is 356 g/mol. The van der Waals surface area contributed by atoms with Gasteiger partial charge in [0.2, 0.25) is 0 Å². The molecule has 0 aliphatic heterocycles. The van der Waals surface area contributed by atoms with Crippen LogP contribution in [-0.4, -0.2) is 13.0 Å². The highest BCUT2D eigenvalue weighted by Gasteiger charge is 2.09. The van der Waals surface area contributed by atoms with Crippen molar-refractivity contribution in [3.63, 3.8) is 0 Å². The van der Waals surface area contributed by atoms with Crippen molar-refractivity contribution in [2.24, 2.45) is 0 Å². The van der Waals surface area contributed by atoms with E-state index < -0.39 is 0 Å². The summed E-state index contributed by atoms with van der Waals surface area (Å²) in [4.78, 5) is 12.1. The Kier molecular flexibility index (Phi) is 4.52. The van der Waals surface area contributed by atoms with E-state index >= 15 is 0 Å². The van der Waals surface area contributed by atoms with Gasteiger partial charge in [0.15, 0.2) is 0 Å². The van der Waals surface area contributed by atoms with Crippen LogP contribution >= 0.6 is 27.5 Å². The Morgan fingerprint density at radius 3 is 2.65 bits per heavy atom. The van der Waals surface area contributed by atoms with Crippen molar-refractivity contribution in [3.05, 3.63) is 51.5 Å². The van der Waals surface area contributed by atoms with E-state index in [9.17, 15) is 4.79 Å². The molecule has 2 aromatic carbocycles. The zero-order chi connectivity index (χ0) is 14.7. The summed E-state index contributed by atoms with van der Waals surface area (Å²) in [7, 11) is 1.56. The van der Waals surface area contributed by atoms with Gasteiger partial charge in [-0.15, -0.1) is 0 Å². The van der Waals surface area contributed by atoms with Crippen molar-refractivity contribution in [1.29, 1.82) is 0 Å². The molecule has 2 aromatic rings. The minimum atomic E-state index is -0.292. The van der Waals surface area contributed by atoms with Crippen molar-refractivity contribution in [2.45, 2.75) is 0 Å². The molecule has 0 aliphatic rings. The lowest BCUT2D eigenvalue weighted by Gasteiger charge is -2.09. The average Bonchev–Trinajstić information content (AvgIpc) is 2.36. The molecule has 0 bridgehead atoms. The number of ether oxygens (including phenoxy) is 1. The third kappa shape index (κ3) is 3.65. The van der Waals surface area contributed by atoms with E-state index in [2.05, 4.69) is 21.2 Å². The number of carbonyl (C=O) groups is 1. The molecule has 0 saturated heterocycles. The molecule has 0 spiro atoms. The molecule has 2 rings (SSSR count). The monoisotopic (exact) mass is 354 g/mol. The summed E-state index contributed by atoms with van der Waals surface area (Å²) in [5.41, 5.74) is 7.12. The highest BCUT2D eigenvalue weighted by atomic mass is 79.9. The number of hydrogen-bond acceptors (Lipinski definition) is 3. The van der Waals surface area contributed by atoms with Gasteiger partial charge in [0.25, 0.3) is 5.91 Å². The van der Waals surface area contributed by atoms with Crippen LogP contribution in [-0.2, 0) is 0 Å². The SMILES string of the molecule is COc1cc(Br)cc(NC(=O)c2cc(N)cc(Cl)c2)c1. The number of anilines is 2. The Balaban J connectivity index is 2.25. The molecule has 0 fully saturated rings. The molecular formula is C14H12BrClN2O2. The molecule has 1 amide bonds. The van der Waals surface area contributed by atoms with Crippen molar-refractivity contribution in [1.82, 2.24) is 0 Å². The highest BCUT2D eigenvalue weighted by molar-refractivity contribution is 9.10. The number of carbonyl (C=O) groups excluding carboxylic acids is 1. The molecule has 0 unspecified atom stereocenters. The van der Waals surface area contributed by atoms with Crippen LogP contribution in [0.1, 0.15) is 10.4 Å². The summed E-state index contributed by atoms with van der Waals surface area (Å²) >= 11 is 9.23. The number of hydrogen-bond donors (Lipinski definition) is 2. The van der Waals surface area contributed by atoms with Crippen LogP contribution in [0.25, 0.3) is 0 Å². The third-order valence-electron chi connectivity index (χ3n) is 2.55. The van der Waals surface area contributed by atoms with E-state index in [1.165, 1.54) is 0 Å². The fourth-order valence-electron chi connectivity index (χ4n) is 1.70. The lowest BCUT2D eigenvalue weighted by Crippen LogP contribution is -2.12. The normalized spacial score (nSPS) is 10.2. The van der Waals surface area contributed by atoms with Crippen LogP contribution in [0.15, 0.2) is 40.9 Å². The number of benzene rings is 2. The highest BCUT2D eigenvalue weighted by Crippen LogP contribution is 2.25. The van der Waals surface area contributed by atoms with Gasteiger partial charge in [0.05, 0.1) is 7.11 Å². The molecule has 3 N–H and O–H groups in total. The van der Waals surface area contributed by atoms with Crippen LogP contribution in [0.4, 0.5) is 11.4 Å². The van der Waals surface area contributed by atoms with Crippen LogP contribution in [0.5, 0.6) is 5.75 Å². The van der Waals surface area contributed by atoms with E-state index in [0.717, 1.165) is 4.47 Å². The van der Waals surface area contributed by atoms with E-state index in [-0.39, 0.29) is 5.91 Å². The van der Waals surface area contributed by atoms with Crippen molar-refractivity contribution < 1.29 is 9.53 Å².